The fourth-order valence-electron chi connectivity index (χ4n) is 0.126. The lowest BCUT2D eigenvalue weighted by atomic mass is 10.9. The van der Waals surface area contributed by atoms with Gasteiger partial charge in [0.05, 0.1) is 6.61 Å². The summed E-state index contributed by atoms with van der Waals surface area (Å²) >= 11 is 0. The number of alkyl halides is 1. The Kier molecular flexibility index (Phi) is 4.29. The molecule has 0 rings (SSSR count). The molecule has 0 aliphatic carbocycles. The Balaban J connectivity index is 2.82. The number of hydrogen-bond acceptors (Lipinski definition) is 2. The van der Waals surface area contributed by atoms with E-state index in [-0.39, 0.29) is 6.61 Å². The minimum absolute atomic E-state index is 0.283. The highest BCUT2D eigenvalue weighted by atomic mass is 31.1. The van der Waals surface area contributed by atoms with E-state index in [1.165, 1.54) is 0 Å². The normalized spacial score (nSPS) is 14.0. The molecule has 1 N–H and O–H groups in total. The SMILES string of the molecule is O=[PH](O)OCCF. The summed E-state index contributed by atoms with van der Waals surface area (Å²) in [4.78, 5) is 7.84. The van der Waals surface area contributed by atoms with E-state index in [1.54, 1.807) is 0 Å². The van der Waals surface area contributed by atoms with E-state index >= 15 is 0 Å². The summed E-state index contributed by atoms with van der Waals surface area (Å²) in [5, 5.41) is 0. The van der Waals surface area contributed by atoms with Gasteiger partial charge in [-0.15, -0.1) is 0 Å². The molecule has 1 atom stereocenters. The van der Waals surface area contributed by atoms with Crippen LogP contribution in [0, 0.1) is 0 Å². The maximum atomic E-state index is 11.0. The molecule has 0 aliphatic heterocycles. The van der Waals surface area contributed by atoms with Gasteiger partial charge in [-0.1, -0.05) is 0 Å². The van der Waals surface area contributed by atoms with Gasteiger partial charge in [0.1, 0.15) is 6.67 Å². The molecule has 0 fully saturated rings. The van der Waals surface area contributed by atoms with Gasteiger partial charge in [0.15, 0.2) is 0 Å². The van der Waals surface area contributed by atoms with Crippen LogP contribution in [0.1, 0.15) is 0 Å². The molecule has 0 heterocycles. The van der Waals surface area contributed by atoms with Crippen molar-refractivity contribution in [3.63, 3.8) is 0 Å². The molecular weight excluding hydrogens is 122 g/mol. The molecule has 0 aromatic carbocycles. The van der Waals surface area contributed by atoms with Crippen LogP contribution >= 0.6 is 8.25 Å². The zero-order valence-electron chi connectivity index (χ0n) is 3.56. The number of hydrogen-bond donors (Lipinski definition) is 1. The second-order valence-electron chi connectivity index (χ2n) is 0.803. The first-order valence-electron chi connectivity index (χ1n) is 1.69. The van der Waals surface area contributed by atoms with Crippen LogP contribution in [0.3, 0.4) is 0 Å². The quantitative estimate of drug-likeness (QED) is 0.558. The van der Waals surface area contributed by atoms with Crippen molar-refractivity contribution < 1.29 is 18.4 Å². The summed E-state index contributed by atoms with van der Waals surface area (Å²) in [6.07, 6.45) is 0. The maximum absolute atomic E-state index is 11.0. The largest absolute Gasteiger partial charge is 0.326 e. The Bertz CT molecular complexity index is 66.0. The molecule has 1 unspecified atom stereocenters. The van der Waals surface area contributed by atoms with Gasteiger partial charge >= 0.3 is 8.25 Å². The van der Waals surface area contributed by atoms with E-state index in [0.29, 0.717) is 0 Å². The molecule has 0 aliphatic rings. The molecule has 0 saturated heterocycles. The minimum atomic E-state index is -2.89. The summed E-state index contributed by atoms with van der Waals surface area (Å²) in [6, 6.07) is 0. The molecule has 0 aromatic rings. The van der Waals surface area contributed by atoms with Crippen LogP contribution < -0.4 is 0 Å². The van der Waals surface area contributed by atoms with Crippen molar-refractivity contribution in [2.24, 2.45) is 0 Å². The lowest BCUT2D eigenvalue weighted by Gasteiger charge is -1.89. The van der Waals surface area contributed by atoms with Gasteiger partial charge in [-0.05, 0) is 0 Å². The summed E-state index contributed by atoms with van der Waals surface area (Å²) in [5.74, 6) is 0. The lowest BCUT2D eigenvalue weighted by molar-refractivity contribution is 0.251. The minimum Gasteiger partial charge on any atom is -0.326 e. The third-order valence-corrected chi connectivity index (χ3v) is 0.754. The number of halogens is 1. The Labute approximate surface area is 41.1 Å². The maximum Gasteiger partial charge on any atom is 0.316 e. The molecule has 7 heavy (non-hydrogen) atoms. The van der Waals surface area contributed by atoms with Crippen molar-refractivity contribution in [3.05, 3.63) is 0 Å². The van der Waals surface area contributed by atoms with Crippen LogP contribution in [0.2, 0.25) is 0 Å². The first-order chi connectivity index (χ1) is 3.27. The predicted molar refractivity (Wildman–Crippen MR) is 23.1 cm³/mol. The van der Waals surface area contributed by atoms with Crippen LogP contribution in [0.4, 0.5) is 4.39 Å². The summed E-state index contributed by atoms with van der Waals surface area (Å²) < 4.78 is 24.5. The van der Waals surface area contributed by atoms with Crippen molar-refractivity contribution in [3.8, 4) is 0 Å². The average molecular weight is 128 g/mol. The highest BCUT2D eigenvalue weighted by molar-refractivity contribution is 7.32. The monoisotopic (exact) mass is 128 g/mol. The van der Waals surface area contributed by atoms with Crippen LogP contribution in [0.25, 0.3) is 0 Å². The van der Waals surface area contributed by atoms with Crippen LogP contribution in [-0.4, -0.2) is 18.2 Å². The van der Waals surface area contributed by atoms with E-state index in [4.69, 9.17) is 4.89 Å². The number of rotatable bonds is 3. The molecule has 5 heteroatoms. The molecule has 0 saturated carbocycles. The Morgan fingerprint density at radius 1 is 1.86 bits per heavy atom. The topological polar surface area (TPSA) is 46.5 Å². The van der Waals surface area contributed by atoms with Gasteiger partial charge in [-0.25, -0.2) is 4.39 Å². The zero-order chi connectivity index (χ0) is 5.70. The van der Waals surface area contributed by atoms with Crippen molar-refractivity contribution in [2.45, 2.75) is 0 Å². The standard InChI is InChI=1S/C2H6FO3P/c3-1-2-6-7(4)5/h7H,1-2H2,(H,4,5). The van der Waals surface area contributed by atoms with E-state index in [9.17, 15) is 8.96 Å². The van der Waals surface area contributed by atoms with Gasteiger partial charge in [-0.2, -0.15) is 0 Å². The van der Waals surface area contributed by atoms with E-state index in [2.05, 4.69) is 4.52 Å². The third-order valence-electron chi connectivity index (χ3n) is 0.303. The van der Waals surface area contributed by atoms with Crippen molar-refractivity contribution >= 4 is 8.25 Å². The third kappa shape index (κ3) is 6.08. The summed E-state index contributed by atoms with van der Waals surface area (Å²) in [5.41, 5.74) is 0. The second-order valence-corrected chi connectivity index (χ2v) is 1.62. The highest BCUT2D eigenvalue weighted by Gasteiger charge is 1.87. The van der Waals surface area contributed by atoms with Gasteiger partial charge in [0.2, 0.25) is 0 Å². The predicted octanol–water partition coefficient (Wildman–Crippen LogP) is 0.354. The Morgan fingerprint density at radius 2 is 2.43 bits per heavy atom. The van der Waals surface area contributed by atoms with E-state index in [1.807, 2.05) is 0 Å². The van der Waals surface area contributed by atoms with Crippen LogP contribution in [-0.2, 0) is 9.09 Å². The Morgan fingerprint density at radius 3 is 2.57 bits per heavy atom. The van der Waals surface area contributed by atoms with E-state index in [0.717, 1.165) is 0 Å². The molecule has 0 aromatic heterocycles. The Hall–Kier alpha value is 0.0800. The first kappa shape index (κ1) is 7.08. The summed E-state index contributed by atoms with van der Waals surface area (Å²) in [7, 11) is -2.89. The van der Waals surface area contributed by atoms with Gasteiger partial charge in [0.25, 0.3) is 0 Å². The smallest absolute Gasteiger partial charge is 0.316 e. The molecule has 0 radical (unpaired) electrons. The fourth-order valence-corrected chi connectivity index (χ4v) is 0.378. The molecule has 44 valence electrons. The van der Waals surface area contributed by atoms with Crippen LogP contribution in [0.5, 0.6) is 0 Å². The van der Waals surface area contributed by atoms with Crippen molar-refractivity contribution in [1.82, 2.24) is 0 Å². The average Bonchev–Trinajstić information content (AvgIpc) is 1.61. The molecule has 0 amide bonds. The van der Waals surface area contributed by atoms with Crippen molar-refractivity contribution in [2.75, 3.05) is 13.3 Å². The van der Waals surface area contributed by atoms with E-state index < -0.39 is 14.9 Å². The van der Waals surface area contributed by atoms with Gasteiger partial charge < -0.3 is 9.42 Å². The first-order valence-corrected chi connectivity index (χ1v) is 2.95. The highest BCUT2D eigenvalue weighted by Crippen LogP contribution is 2.12. The second kappa shape index (κ2) is 4.24. The molecule has 0 bridgehead atoms. The lowest BCUT2D eigenvalue weighted by Crippen LogP contribution is -1.85. The van der Waals surface area contributed by atoms with Crippen LogP contribution in [0.15, 0.2) is 0 Å². The fraction of sp³-hybridized carbons (Fsp3) is 1.00. The summed E-state index contributed by atoms with van der Waals surface area (Å²) in [6.45, 7) is -0.995. The van der Waals surface area contributed by atoms with Gasteiger partial charge in [-0.3, -0.25) is 4.57 Å². The molecule has 0 spiro atoms. The zero-order valence-corrected chi connectivity index (χ0v) is 4.56. The van der Waals surface area contributed by atoms with Crippen molar-refractivity contribution in [1.29, 1.82) is 0 Å². The van der Waals surface area contributed by atoms with Gasteiger partial charge in [0, 0.05) is 0 Å². The molecular formula is C2H6FO3P. The molecule has 3 nitrogen and oxygen atoms in total.